The highest BCUT2D eigenvalue weighted by Gasteiger charge is 2.23. The topological polar surface area (TPSA) is 21.3 Å². The molecule has 1 aliphatic carbocycles. The molecule has 4 heteroatoms. The minimum Gasteiger partial charge on any atom is -0.455 e. The number of fused-ring (bicyclic) bond motifs is 11. The Morgan fingerprint density at radius 1 is 0.560 bits per heavy atom. The van der Waals surface area contributed by atoms with Crippen molar-refractivity contribution in [1.82, 2.24) is 4.57 Å². The summed E-state index contributed by atoms with van der Waals surface area (Å²) in [6.45, 7) is 0. The zero-order valence-corrected chi connectivity index (χ0v) is 27.9. The molecule has 0 saturated carbocycles. The summed E-state index contributed by atoms with van der Waals surface area (Å²) in [5, 5.41) is 9.71. The van der Waals surface area contributed by atoms with Gasteiger partial charge in [-0.05, 0) is 84.6 Å². The minimum atomic E-state index is 0.203. The third-order valence-electron chi connectivity index (χ3n) is 10.5. The Bertz CT molecular complexity index is 3030. The van der Waals surface area contributed by atoms with Crippen molar-refractivity contribution in [3.8, 4) is 5.69 Å². The van der Waals surface area contributed by atoms with Crippen LogP contribution in [0, 0.1) is 0 Å². The van der Waals surface area contributed by atoms with E-state index in [0.717, 1.165) is 39.4 Å². The van der Waals surface area contributed by atoms with E-state index in [1.54, 1.807) is 0 Å². The monoisotopic (exact) mass is 658 g/mol. The number of anilines is 2. The molecule has 236 valence electrons. The van der Waals surface area contributed by atoms with Crippen LogP contribution in [0.15, 0.2) is 168 Å². The van der Waals surface area contributed by atoms with Gasteiger partial charge in [-0.1, -0.05) is 91.0 Å². The Morgan fingerprint density at radius 3 is 2.22 bits per heavy atom. The van der Waals surface area contributed by atoms with E-state index >= 15 is 0 Å². The molecule has 3 nitrogen and oxygen atoms in total. The highest BCUT2D eigenvalue weighted by molar-refractivity contribution is 7.25. The van der Waals surface area contributed by atoms with Gasteiger partial charge in [0.25, 0.3) is 0 Å². The van der Waals surface area contributed by atoms with Gasteiger partial charge in [-0.2, -0.15) is 0 Å². The summed E-state index contributed by atoms with van der Waals surface area (Å²) in [5.74, 6) is 0. The minimum absolute atomic E-state index is 0.203. The predicted molar refractivity (Wildman–Crippen MR) is 214 cm³/mol. The number of thiophene rings is 1. The lowest BCUT2D eigenvalue weighted by Gasteiger charge is -2.32. The summed E-state index contributed by atoms with van der Waals surface area (Å²) in [6.07, 6.45) is 9.90. The normalized spacial score (nSPS) is 14.8. The van der Waals surface area contributed by atoms with Crippen LogP contribution in [0.1, 0.15) is 6.42 Å². The zero-order valence-electron chi connectivity index (χ0n) is 27.1. The van der Waals surface area contributed by atoms with Gasteiger partial charge in [0, 0.05) is 64.2 Å². The van der Waals surface area contributed by atoms with Crippen LogP contribution in [0.4, 0.5) is 11.4 Å². The van der Waals surface area contributed by atoms with E-state index in [1.165, 1.54) is 58.7 Å². The van der Waals surface area contributed by atoms with Crippen molar-refractivity contribution in [1.29, 1.82) is 0 Å². The summed E-state index contributed by atoms with van der Waals surface area (Å²) in [4.78, 5) is 2.52. The average molecular weight is 659 g/mol. The average Bonchev–Trinajstić information content (AvgIpc) is 3.84. The molecule has 10 aromatic rings. The maximum Gasteiger partial charge on any atom is 0.143 e. The number of aromatic nitrogens is 1. The Morgan fingerprint density at radius 2 is 1.32 bits per heavy atom. The lowest BCUT2D eigenvalue weighted by molar-refractivity contribution is 0.672. The summed E-state index contributed by atoms with van der Waals surface area (Å²) < 4.78 is 11.6. The molecule has 0 saturated heterocycles. The second kappa shape index (κ2) is 10.7. The number of nitrogens with zero attached hydrogens (tertiary/aromatic N) is 2. The van der Waals surface area contributed by atoms with Gasteiger partial charge in [-0.15, -0.1) is 11.3 Å². The van der Waals surface area contributed by atoms with Crippen LogP contribution in [-0.2, 0) is 0 Å². The number of allylic oxidation sites excluding steroid dienone is 2. The van der Waals surface area contributed by atoms with Crippen LogP contribution in [-0.4, -0.2) is 10.6 Å². The van der Waals surface area contributed by atoms with E-state index in [1.807, 2.05) is 17.4 Å². The predicted octanol–water partition coefficient (Wildman–Crippen LogP) is 13.2. The van der Waals surface area contributed by atoms with Crippen molar-refractivity contribution in [2.75, 3.05) is 4.90 Å². The fourth-order valence-corrected chi connectivity index (χ4v) is 9.31. The summed E-state index contributed by atoms with van der Waals surface area (Å²) in [7, 11) is 0. The largest absolute Gasteiger partial charge is 0.455 e. The van der Waals surface area contributed by atoms with Gasteiger partial charge in [0.2, 0.25) is 0 Å². The van der Waals surface area contributed by atoms with E-state index in [2.05, 4.69) is 167 Å². The van der Waals surface area contributed by atoms with Crippen LogP contribution >= 0.6 is 11.3 Å². The zero-order chi connectivity index (χ0) is 32.8. The van der Waals surface area contributed by atoms with Crippen molar-refractivity contribution < 1.29 is 4.42 Å². The highest BCUT2D eigenvalue weighted by Crippen LogP contribution is 2.43. The van der Waals surface area contributed by atoms with E-state index in [0.29, 0.717) is 0 Å². The molecule has 7 aromatic carbocycles. The molecule has 0 aliphatic heterocycles. The van der Waals surface area contributed by atoms with Gasteiger partial charge in [-0.3, -0.25) is 0 Å². The first-order chi connectivity index (χ1) is 24.8. The Balaban J connectivity index is 1.17. The maximum absolute atomic E-state index is 6.52. The molecule has 0 bridgehead atoms. The third kappa shape index (κ3) is 4.09. The Labute approximate surface area is 292 Å². The highest BCUT2D eigenvalue weighted by atomic mass is 32.1. The van der Waals surface area contributed by atoms with Crippen molar-refractivity contribution in [2.45, 2.75) is 12.5 Å². The van der Waals surface area contributed by atoms with Gasteiger partial charge in [0.1, 0.15) is 11.2 Å². The number of hydrogen-bond acceptors (Lipinski definition) is 3. The molecule has 0 spiro atoms. The van der Waals surface area contributed by atoms with Crippen molar-refractivity contribution in [2.24, 2.45) is 0 Å². The van der Waals surface area contributed by atoms with E-state index in [-0.39, 0.29) is 6.04 Å². The number of para-hydroxylation sites is 2. The van der Waals surface area contributed by atoms with Crippen molar-refractivity contribution in [3.05, 3.63) is 164 Å². The quantitative estimate of drug-likeness (QED) is 0.188. The van der Waals surface area contributed by atoms with Crippen LogP contribution in [0.2, 0.25) is 0 Å². The van der Waals surface area contributed by atoms with Crippen molar-refractivity contribution in [3.63, 3.8) is 0 Å². The smallest absolute Gasteiger partial charge is 0.143 e. The van der Waals surface area contributed by atoms with Gasteiger partial charge >= 0.3 is 0 Å². The molecule has 50 heavy (non-hydrogen) atoms. The molecule has 0 radical (unpaired) electrons. The van der Waals surface area contributed by atoms with E-state index in [9.17, 15) is 0 Å². The fourth-order valence-electron chi connectivity index (χ4n) is 8.17. The summed E-state index contributed by atoms with van der Waals surface area (Å²) in [6, 6.07) is 51.2. The van der Waals surface area contributed by atoms with Crippen LogP contribution in [0.25, 0.3) is 80.4 Å². The molecule has 0 fully saturated rings. The van der Waals surface area contributed by atoms with Gasteiger partial charge < -0.3 is 13.9 Å². The van der Waals surface area contributed by atoms with Crippen LogP contribution < -0.4 is 4.90 Å². The number of rotatable bonds is 4. The van der Waals surface area contributed by atoms with Gasteiger partial charge in [-0.25, -0.2) is 0 Å². The maximum atomic E-state index is 6.52. The standard InChI is InChI=1S/C46H30N2OS/c1-3-11-30(12-4-1)47(33-20-23-36-35-16-8-10-18-44(35)50-45(36)27-33)32-21-24-41-40(26-32)39-25-29-19-22-37-34-15-7-9-17-43(34)49-46(37)38(29)28-42(39)48(41)31-13-5-2-6-14-31/h1-11,13-28,30H,12H2. The summed E-state index contributed by atoms with van der Waals surface area (Å²) >= 11 is 1.87. The van der Waals surface area contributed by atoms with Crippen LogP contribution in [0.5, 0.6) is 0 Å². The first kappa shape index (κ1) is 27.8. The third-order valence-corrected chi connectivity index (χ3v) is 11.6. The Hall–Kier alpha value is -6.10. The summed E-state index contributed by atoms with van der Waals surface area (Å²) in [5.41, 5.74) is 7.75. The van der Waals surface area contributed by atoms with Crippen LogP contribution in [0.3, 0.4) is 0 Å². The first-order valence-corrected chi connectivity index (χ1v) is 18.0. The second-order valence-corrected chi connectivity index (χ2v) is 14.4. The van der Waals surface area contributed by atoms with Gasteiger partial charge in [0.15, 0.2) is 0 Å². The fraction of sp³-hybridized carbons (Fsp3) is 0.0435. The van der Waals surface area contributed by atoms with E-state index in [4.69, 9.17) is 4.42 Å². The second-order valence-electron chi connectivity index (χ2n) is 13.3. The molecule has 1 atom stereocenters. The Kier molecular flexibility index (Phi) is 5.95. The molecule has 1 aliphatic rings. The molecular weight excluding hydrogens is 629 g/mol. The first-order valence-electron chi connectivity index (χ1n) is 17.2. The number of benzene rings is 7. The molecule has 3 heterocycles. The molecule has 1 unspecified atom stereocenters. The van der Waals surface area contributed by atoms with Gasteiger partial charge in [0.05, 0.1) is 17.1 Å². The molecular formula is C46H30N2OS. The van der Waals surface area contributed by atoms with Crippen molar-refractivity contribution >= 4 is 97.4 Å². The molecule has 3 aromatic heterocycles. The number of furan rings is 1. The molecule has 0 amide bonds. The lowest BCUT2D eigenvalue weighted by Crippen LogP contribution is -2.29. The molecule has 11 rings (SSSR count). The lowest BCUT2D eigenvalue weighted by atomic mass is 10.0. The molecule has 0 N–H and O–H groups in total. The number of hydrogen-bond donors (Lipinski definition) is 0. The SMILES string of the molecule is C1=CCC(N(c2ccc3c(c2)sc2ccccc23)c2ccc3c(c2)c2cc4ccc5c6ccccc6oc5c4cc2n3-c2ccccc2)C=C1. The van der Waals surface area contributed by atoms with E-state index < -0.39 is 0 Å².